The zero-order chi connectivity index (χ0) is 6.10. The zero-order valence-corrected chi connectivity index (χ0v) is 6.74. The quantitative estimate of drug-likeness (QED) is 0.518. The van der Waals surface area contributed by atoms with Crippen molar-refractivity contribution in [1.29, 1.82) is 0 Å². The molecular formula is C8H14P. The summed E-state index contributed by atoms with van der Waals surface area (Å²) in [6.07, 6.45) is 9.20. The summed E-state index contributed by atoms with van der Waals surface area (Å²) in [6, 6.07) is 0. The first-order valence-electron chi connectivity index (χ1n) is 4.15. The molecule has 0 aliphatic heterocycles. The minimum absolute atomic E-state index is 1.13. The Morgan fingerprint density at radius 1 is 0.778 bits per heavy atom. The largest absolute Gasteiger partial charge is 0.0741 e. The monoisotopic (exact) mass is 141 g/mol. The third-order valence-corrected chi connectivity index (χ3v) is 4.45. The van der Waals surface area contributed by atoms with Gasteiger partial charge in [0.2, 0.25) is 0 Å². The van der Waals surface area contributed by atoms with Crippen molar-refractivity contribution in [2.75, 3.05) is 0 Å². The Morgan fingerprint density at radius 2 is 1.22 bits per heavy atom. The molecule has 0 spiro atoms. The molecule has 0 saturated heterocycles. The number of hydrogen-bond donors (Lipinski definition) is 0. The van der Waals surface area contributed by atoms with Gasteiger partial charge in [0.25, 0.3) is 0 Å². The highest BCUT2D eigenvalue weighted by molar-refractivity contribution is 7.39. The first-order valence-corrected chi connectivity index (χ1v) is 5.18. The van der Waals surface area contributed by atoms with E-state index in [1.807, 2.05) is 8.58 Å². The van der Waals surface area contributed by atoms with Gasteiger partial charge in [-0.3, -0.25) is 0 Å². The molecule has 0 unspecified atom stereocenters. The second-order valence-corrected chi connectivity index (χ2v) is 5.08. The van der Waals surface area contributed by atoms with E-state index in [0.29, 0.717) is 0 Å². The Kier molecular flexibility index (Phi) is 1.77. The van der Waals surface area contributed by atoms with Gasteiger partial charge in [-0.05, 0) is 37.0 Å². The van der Waals surface area contributed by atoms with Crippen LogP contribution in [0.2, 0.25) is 0 Å². The van der Waals surface area contributed by atoms with Gasteiger partial charge in [-0.2, -0.15) is 0 Å². The van der Waals surface area contributed by atoms with Crippen molar-refractivity contribution in [3.8, 4) is 0 Å². The Labute approximate surface area is 59.2 Å². The van der Waals surface area contributed by atoms with Crippen LogP contribution in [-0.2, 0) is 0 Å². The minimum atomic E-state index is 1.13. The highest BCUT2D eigenvalue weighted by atomic mass is 31.1. The van der Waals surface area contributed by atoms with E-state index >= 15 is 0 Å². The molecule has 2 aliphatic rings. The fourth-order valence-electron chi connectivity index (χ4n) is 1.37. The van der Waals surface area contributed by atoms with Crippen LogP contribution < -0.4 is 0 Å². The lowest BCUT2D eigenvalue weighted by molar-refractivity contribution is 0.483. The fraction of sp³-hybridized carbons (Fsp3) is 1.00. The third-order valence-electron chi connectivity index (χ3n) is 2.57. The molecule has 9 heavy (non-hydrogen) atoms. The maximum Gasteiger partial charge on any atom is -0.0168 e. The molecule has 1 heteroatoms. The predicted molar refractivity (Wildman–Crippen MR) is 42.2 cm³/mol. The smallest absolute Gasteiger partial charge is 0.0168 e. The molecule has 51 valence electrons. The van der Waals surface area contributed by atoms with Crippen molar-refractivity contribution in [2.45, 2.75) is 49.8 Å². The molecule has 0 bridgehead atoms. The second kappa shape index (κ2) is 2.58. The van der Waals surface area contributed by atoms with Gasteiger partial charge in [0, 0.05) is 0 Å². The van der Waals surface area contributed by atoms with E-state index in [1.54, 1.807) is 0 Å². The van der Waals surface area contributed by atoms with Crippen LogP contribution in [0.1, 0.15) is 38.5 Å². The van der Waals surface area contributed by atoms with Crippen molar-refractivity contribution in [1.82, 2.24) is 0 Å². The van der Waals surface area contributed by atoms with E-state index in [9.17, 15) is 0 Å². The lowest BCUT2D eigenvalue weighted by Gasteiger charge is -2.33. The summed E-state index contributed by atoms with van der Waals surface area (Å²) in [7, 11) is 1.81. The topological polar surface area (TPSA) is 0 Å². The van der Waals surface area contributed by atoms with E-state index < -0.39 is 0 Å². The maximum atomic E-state index is 1.81. The lowest BCUT2D eigenvalue weighted by atomic mass is 9.99. The molecule has 0 aromatic carbocycles. The summed E-state index contributed by atoms with van der Waals surface area (Å²) in [6.45, 7) is 0. The zero-order valence-electron chi connectivity index (χ0n) is 5.84. The summed E-state index contributed by atoms with van der Waals surface area (Å²) >= 11 is 0. The van der Waals surface area contributed by atoms with Crippen LogP contribution in [-0.4, -0.2) is 11.3 Å². The number of rotatable bonds is 2. The molecule has 2 aliphatic carbocycles. The molecule has 0 aromatic heterocycles. The Morgan fingerprint density at radius 3 is 1.44 bits per heavy atom. The summed E-state index contributed by atoms with van der Waals surface area (Å²) < 4.78 is 0. The van der Waals surface area contributed by atoms with Gasteiger partial charge in [-0.15, -0.1) is 0 Å². The van der Waals surface area contributed by atoms with E-state index in [4.69, 9.17) is 0 Å². The van der Waals surface area contributed by atoms with Crippen LogP contribution in [0, 0.1) is 0 Å². The Hall–Kier alpha value is 0.430. The number of hydrogen-bond acceptors (Lipinski definition) is 0. The van der Waals surface area contributed by atoms with E-state index in [0.717, 1.165) is 11.3 Å². The van der Waals surface area contributed by atoms with Crippen LogP contribution in [0.3, 0.4) is 0 Å². The molecule has 0 aromatic rings. The summed E-state index contributed by atoms with van der Waals surface area (Å²) in [5.41, 5.74) is 2.27. The highest BCUT2D eigenvalue weighted by Crippen LogP contribution is 2.45. The summed E-state index contributed by atoms with van der Waals surface area (Å²) in [5.74, 6) is 0. The van der Waals surface area contributed by atoms with E-state index in [2.05, 4.69) is 0 Å². The van der Waals surface area contributed by atoms with Gasteiger partial charge in [0.15, 0.2) is 0 Å². The van der Waals surface area contributed by atoms with Crippen molar-refractivity contribution < 1.29 is 0 Å². The fourth-order valence-corrected chi connectivity index (χ4v) is 3.29. The Bertz CT molecular complexity index is 80.7. The summed E-state index contributed by atoms with van der Waals surface area (Å²) in [4.78, 5) is 0. The van der Waals surface area contributed by atoms with E-state index in [1.165, 1.54) is 38.5 Å². The predicted octanol–water partition coefficient (Wildman–Crippen LogP) is 3.04. The van der Waals surface area contributed by atoms with Crippen LogP contribution in [0.25, 0.3) is 0 Å². The maximum absolute atomic E-state index is 1.81. The normalized spacial score (nSPS) is 29.3. The first kappa shape index (κ1) is 6.16. The Balaban J connectivity index is 1.64. The third kappa shape index (κ3) is 1.29. The molecule has 2 rings (SSSR count). The van der Waals surface area contributed by atoms with Crippen molar-refractivity contribution in [2.24, 2.45) is 0 Å². The van der Waals surface area contributed by atoms with Gasteiger partial charge in [-0.1, -0.05) is 21.4 Å². The van der Waals surface area contributed by atoms with E-state index in [-0.39, 0.29) is 0 Å². The molecule has 0 heterocycles. The minimum Gasteiger partial charge on any atom is -0.0741 e. The molecular weight excluding hydrogens is 127 g/mol. The molecule has 0 N–H and O–H groups in total. The van der Waals surface area contributed by atoms with Crippen LogP contribution in [0.4, 0.5) is 0 Å². The van der Waals surface area contributed by atoms with Crippen molar-refractivity contribution in [3.63, 3.8) is 0 Å². The van der Waals surface area contributed by atoms with Crippen LogP contribution in [0.5, 0.6) is 0 Å². The first-order chi connectivity index (χ1) is 4.45. The van der Waals surface area contributed by atoms with Gasteiger partial charge in [0.05, 0.1) is 0 Å². The lowest BCUT2D eigenvalue weighted by Crippen LogP contribution is -2.20. The summed E-state index contributed by atoms with van der Waals surface area (Å²) in [5, 5.41) is 0. The van der Waals surface area contributed by atoms with Gasteiger partial charge >= 0.3 is 0 Å². The van der Waals surface area contributed by atoms with Crippen LogP contribution in [0.15, 0.2) is 0 Å². The van der Waals surface area contributed by atoms with Gasteiger partial charge in [-0.25, -0.2) is 0 Å². The molecule has 0 nitrogen and oxygen atoms in total. The average molecular weight is 141 g/mol. The van der Waals surface area contributed by atoms with Gasteiger partial charge < -0.3 is 0 Å². The van der Waals surface area contributed by atoms with Crippen molar-refractivity contribution in [3.05, 3.63) is 0 Å². The van der Waals surface area contributed by atoms with Gasteiger partial charge in [0.1, 0.15) is 0 Å². The average Bonchev–Trinajstić information content (AvgIpc) is 1.57. The molecule has 0 amide bonds. The standard InChI is InChI=1S/C8H14P/c1-3-7(4-1)9-8-5-2-6-8/h7-8H,1-6H2. The van der Waals surface area contributed by atoms with Crippen LogP contribution >= 0.6 is 8.58 Å². The van der Waals surface area contributed by atoms with Crippen molar-refractivity contribution >= 4 is 8.58 Å². The molecule has 2 saturated carbocycles. The molecule has 2 fully saturated rings. The molecule has 1 radical (unpaired) electrons. The molecule has 0 atom stereocenters. The SMILES string of the molecule is C1CC([P]C2CCC2)C1. The highest BCUT2D eigenvalue weighted by Gasteiger charge is 2.25. The second-order valence-electron chi connectivity index (χ2n) is 3.32.